The molecule has 0 bridgehead atoms. The molecule has 4 nitrogen and oxygen atoms in total. The lowest BCUT2D eigenvalue weighted by Crippen LogP contribution is -2.41. The second kappa shape index (κ2) is 7.79. The SMILES string of the molecule is C=CCN1C(=O)[C@@](O)(CC(=O)c2ccc(CCC)cc2)c2cc(Br)ccc21. The minimum Gasteiger partial charge on any atom is -0.375 e. The van der Waals surface area contributed by atoms with Gasteiger partial charge in [0.15, 0.2) is 11.4 Å². The summed E-state index contributed by atoms with van der Waals surface area (Å²) in [7, 11) is 0. The van der Waals surface area contributed by atoms with E-state index in [1.165, 1.54) is 4.90 Å². The Hall–Kier alpha value is -2.24. The Labute approximate surface area is 167 Å². The van der Waals surface area contributed by atoms with Gasteiger partial charge in [0, 0.05) is 22.1 Å². The first-order valence-corrected chi connectivity index (χ1v) is 9.77. The Bertz CT molecular complexity index is 891. The number of halogens is 1. The molecule has 2 aromatic carbocycles. The molecule has 0 aromatic heterocycles. The van der Waals surface area contributed by atoms with Crippen LogP contribution in [0.2, 0.25) is 0 Å². The topological polar surface area (TPSA) is 57.6 Å². The maximum atomic E-state index is 13.0. The van der Waals surface area contributed by atoms with E-state index in [0.717, 1.165) is 22.9 Å². The summed E-state index contributed by atoms with van der Waals surface area (Å²) in [5, 5.41) is 11.2. The van der Waals surface area contributed by atoms with Gasteiger partial charge in [-0.3, -0.25) is 9.59 Å². The fraction of sp³-hybridized carbons (Fsp3) is 0.273. The first-order valence-electron chi connectivity index (χ1n) is 8.98. The van der Waals surface area contributed by atoms with Crippen molar-refractivity contribution in [2.24, 2.45) is 0 Å². The first kappa shape index (κ1) is 19.5. The molecule has 0 saturated heterocycles. The Morgan fingerprint density at radius 2 is 1.96 bits per heavy atom. The van der Waals surface area contributed by atoms with E-state index in [9.17, 15) is 14.7 Å². The molecule has 0 saturated carbocycles. The van der Waals surface area contributed by atoms with Crippen LogP contribution in [0.15, 0.2) is 59.6 Å². The highest BCUT2D eigenvalue weighted by Crippen LogP contribution is 2.44. The number of fused-ring (bicyclic) bond motifs is 1. The van der Waals surface area contributed by atoms with Gasteiger partial charge in [-0.25, -0.2) is 0 Å². The van der Waals surface area contributed by atoms with Crippen LogP contribution in [-0.4, -0.2) is 23.3 Å². The number of carbonyl (C=O) groups excluding carboxylic acids is 2. The zero-order valence-corrected chi connectivity index (χ0v) is 16.8. The van der Waals surface area contributed by atoms with Gasteiger partial charge in [0.05, 0.1) is 12.1 Å². The van der Waals surface area contributed by atoms with Crippen molar-refractivity contribution in [3.05, 3.63) is 76.3 Å². The number of aliphatic hydroxyl groups is 1. The number of ketones is 1. The van der Waals surface area contributed by atoms with Crippen LogP contribution in [0, 0.1) is 0 Å². The van der Waals surface area contributed by atoms with E-state index >= 15 is 0 Å². The number of benzene rings is 2. The zero-order chi connectivity index (χ0) is 19.6. The minimum atomic E-state index is -1.87. The van der Waals surface area contributed by atoms with Gasteiger partial charge in [0.25, 0.3) is 5.91 Å². The summed E-state index contributed by atoms with van der Waals surface area (Å²) in [4.78, 5) is 27.2. The fourth-order valence-corrected chi connectivity index (χ4v) is 3.85. The third-order valence-corrected chi connectivity index (χ3v) is 5.33. The van der Waals surface area contributed by atoms with Crippen molar-refractivity contribution in [2.45, 2.75) is 31.8 Å². The highest BCUT2D eigenvalue weighted by Gasteiger charge is 2.50. The summed E-state index contributed by atoms with van der Waals surface area (Å²) in [6.45, 7) is 6.05. The van der Waals surface area contributed by atoms with Crippen LogP contribution < -0.4 is 4.90 Å². The molecule has 0 radical (unpaired) electrons. The Kier molecular flexibility index (Phi) is 5.63. The molecule has 1 amide bonds. The largest absolute Gasteiger partial charge is 0.375 e. The van der Waals surface area contributed by atoms with E-state index in [-0.39, 0.29) is 18.7 Å². The van der Waals surface area contributed by atoms with Gasteiger partial charge in [-0.1, -0.05) is 59.6 Å². The molecule has 5 heteroatoms. The minimum absolute atomic E-state index is 0.264. The van der Waals surface area contributed by atoms with Crippen molar-refractivity contribution >= 4 is 33.3 Å². The predicted octanol–water partition coefficient (Wildman–Crippen LogP) is 4.39. The number of nitrogens with zero attached hydrogens (tertiary/aromatic N) is 1. The molecule has 0 aliphatic carbocycles. The Balaban J connectivity index is 1.93. The second-order valence-electron chi connectivity index (χ2n) is 6.77. The molecule has 0 spiro atoms. The van der Waals surface area contributed by atoms with Gasteiger partial charge in [-0.2, -0.15) is 0 Å². The molecule has 2 aromatic rings. The van der Waals surface area contributed by atoms with Crippen molar-refractivity contribution in [3.63, 3.8) is 0 Å². The molecular formula is C22H22BrNO3. The smallest absolute Gasteiger partial charge is 0.264 e. The van der Waals surface area contributed by atoms with Gasteiger partial charge in [0.1, 0.15) is 0 Å². The van der Waals surface area contributed by atoms with Gasteiger partial charge < -0.3 is 10.0 Å². The zero-order valence-electron chi connectivity index (χ0n) is 15.2. The highest BCUT2D eigenvalue weighted by molar-refractivity contribution is 9.10. The molecule has 0 unspecified atom stereocenters. The highest BCUT2D eigenvalue weighted by atomic mass is 79.9. The molecule has 1 atom stereocenters. The normalized spacial score (nSPS) is 18.5. The summed E-state index contributed by atoms with van der Waals surface area (Å²) >= 11 is 3.38. The van der Waals surface area contributed by atoms with E-state index in [4.69, 9.17) is 0 Å². The molecule has 1 N–H and O–H groups in total. The van der Waals surface area contributed by atoms with Gasteiger partial charge >= 0.3 is 0 Å². The van der Waals surface area contributed by atoms with Gasteiger partial charge in [-0.15, -0.1) is 6.58 Å². The standard InChI is InChI=1S/C22H22BrNO3/c1-3-5-15-6-8-16(9-7-15)20(25)14-22(27)18-13-17(23)10-11-19(18)24(12-4-2)21(22)26/h4,6-11,13,27H,2-3,5,12,14H2,1H3/t22-/m1/s1. The average molecular weight is 428 g/mol. The van der Waals surface area contributed by atoms with Gasteiger partial charge in [-0.05, 0) is 30.2 Å². The molecular weight excluding hydrogens is 406 g/mol. The predicted molar refractivity (Wildman–Crippen MR) is 110 cm³/mol. The van der Waals surface area contributed by atoms with Crippen LogP contribution in [0.1, 0.15) is 41.3 Å². The van der Waals surface area contributed by atoms with Crippen LogP contribution in [0.25, 0.3) is 0 Å². The van der Waals surface area contributed by atoms with Crippen molar-refractivity contribution in [1.82, 2.24) is 0 Å². The van der Waals surface area contributed by atoms with Crippen molar-refractivity contribution in [2.75, 3.05) is 11.4 Å². The first-order chi connectivity index (χ1) is 12.9. The van der Waals surface area contributed by atoms with Crippen molar-refractivity contribution in [1.29, 1.82) is 0 Å². The third kappa shape index (κ3) is 3.62. The number of amides is 1. The van der Waals surface area contributed by atoms with Crippen LogP contribution in [0.3, 0.4) is 0 Å². The number of anilines is 1. The molecule has 140 valence electrons. The summed E-state index contributed by atoms with van der Waals surface area (Å²) < 4.78 is 0.740. The quantitative estimate of drug-likeness (QED) is 0.526. The van der Waals surface area contributed by atoms with Crippen LogP contribution in [0.5, 0.6) is 0 Å². The maximum Gasteiger partial charge on any atom is 0.264 e. The summed E-state index contributed by atoms with van der Waals surface area (Å²) in [6.07, 6.45) is 3.29. The van der Waals surface area contributed by atoms with E-state index in [0.29, 0.717) is 16.8 Å². The lowest BCUT2D eigenvalue weighted by molar-refractivity contribution is -0.135. The molecule has 1 aliphatic heterocycles. The molecule has 0 fully saturated rings. The van der Waals surface area contributed by atoms with Crippen LogP contribution >= 0.6 is 15.9 Å². The summed E-state index contributed by atoms with van der Waals surface area (Å²) in [5.74, 6) is -0.758. The van der Waals surface area contributed by atoms with Gasteiger partial charge in [0.2, 0.25) is 0 Å². The number of hydrogen-bond donors (Lipinski definition) is 1. The van der Waals surface area contributed by atoms with Crippen molar-refractivity contribution < 1.29 is 14.7 Å². The van der Waals surface area contributed by atoms with E-state index < -0.39 is 11.5 Å². The Morgan fingerprint density at radius 1 is 1.26 bits per heavy atom. The number of rotatable bonds is 7. The summed E-state index contributed by atoms with van der Waals surface area (Å²) in [5.41, 5.74) is 0.837. The second-order valence-corrected chi connectivity index (χ2v) is 7.69. The fourth-order valence-electron chi connectivity index (χ4n) is 3.48. The maximum absolute atomic E-state index is 13.0. The van der Waals surface area contributed by atoms with E-state index in [1.807, 2.05) is 18.2 Å². The lowest BCUT2D eigenvalue weighted by atomic mass is 9.88. The van der Waals surface area contributed by atoms with E-state index in [1.54, 1.807) is 30.3 Å². The number of Topliss-reactive ketones (excluding diaryl/α,β-unsaturated/α-hetero) is 1. The molecule has 1 heterocycles. The number of aryl methyl sites for hydroxylation is 1. The summed E-state index contributed by atoms with van der Waals surface area (Å²) in [6, 6.07) is 12.6. The van der Waals surface area contributed by atoms with Crippen LogP contribution in [-0.2, 0) is 16.8 Å². The number of hydrogen-bond acceptors (Lipinski definition) is 3. The number of carbonyl (C=O) groups is 2. The third-order valence-electron chi connectivity index (χ3n) is 4.84. The average Bonchev–Trinajstić information content (AvgIpc) is 2.84. The van der Waals surface area contributed by atoms with Crippen molar-refractivity contribution in [3.8, 4) is 0 Å². The monoisotopic (exact) mass is 427 g/mol. The van der Waals surface area contributed by atoms with E-state index in [2.05, 4.69) is 29.4 Å². The molecule has 1 aliphatic rings. The molecule has 27 heavy (non-hydrogen) atoms. The lowest BCUT2D eigenvalue weighted by Gasteiger charge is -2.22. The molecule has 3 rings (SSSR count). The Morgan fingerprint density at radius 3 is 2.59 bits per heavy atom. The van der Waals surface area contributed by atoms with Crippen LogP contribution in [0.4, 0.5) is 5.69 Å².